The van der Waals surface area contributed by atoms with E-state index in [1.54, 1.807) is 0 Å². The zero-order valence-electron chi connectivity index (χ0n) is 10.6. The fourth-order valence-electron chi connectivity index (χ4n) is 2.39. The van der Waals surface area contributed by atoms with Gasteiger partial charge in [0.25, 0.3) is 0 Å². The normalized spacial score (nSPS) is 24.2. The minimum atomic E-state index is 0.316. The molecule has 1 rings (SSSR count). The maximum Gasteiger partial charge on any atom is 0.124 e. The SMILES string of the molecule is C=C(/C=C/C1C(C)=CCCC1(C)C)CC=O. The molecule has 1 heteroatoms. The van der Waals surface area contributed by atoms with Gasteiger partial charge in [-0.25, -0.2) is 0 Å². The molecule has 0 N–H and O–H groups in total. The van der Waals surface area contributed by atoms with Crippen molar-refractivity contribution < 1.29 is 4.79 Å². The van der Waals surface area contributed by atoms with E-state index in [0.717, 1.165) is 11.9 Å². The van der Waals surface area contributed by atoms with Crippen molar-refractivity contribution in [1.82, 2.24) is 0 Å². The molecule has 0 radical (unpaired) electrons. The summed E-state index contributed by atoms with van der Waals surface area (Å²) in [6.07, 6.45) is 10.3. The second-order valence-corrected chi connectivity index (χ2v) is 5.34. The van der Waals surface area contributed by atoms with Gasteiger partial charge in [0.1, 0.15) is 6.29 Å². The summed E-state index contributed by atoms with van der Waals surface area (Å²) in [6.45, 7) is 10.7. The molecule has 1 unspecified atom stereocenters. The predicted octanol–water partition coefficient (Wildman–Crippen LogP) is 4.07. The smallest absolute Gasteiger partial charge is 0.124 e. The summed E-state index contributed by atoms with van der Waals surface area (Å²) in [7, 11) is 0. The van der Waals surface area contributed by atoms with Crippen molar-refractivity contribution in [1.29, 1.82) is 0 Å². The van der Waals surface area contributed by atoms with Gasteiger partial charge >= 0.3 is 0 Å². The topological polar surface area (TPSA) is 17.1 Å². The van der Waals surface area contributed by atoms with Gasteiger partial charge in [-0.05, 0) is 30.8 Å². The molecular weight excluding hydrogens is 196 g/mol. The van der Waals surface area contributed by atoms with E-state index in [1.165, 1.54) is 18.4 Å². The molecule has 16 heavy (non-hydrogen) atoms. The Kier molecular flexibility index (Phi) is 4.28. The van der Waals surface area contributed by atoms with Crippen molar-refractivity contribution in [2.24, 2.45) is 11.3 Å². The van der Waals surface area contributed by atoms with Gasteiger partial charge in [0.05, 0.1) is 0 Å². The van der Waals surface area contributed by atoms with Crippen LogP contribution in [0.4, 0.5) is 0 Å². The predicted molar refractivity (Wildman–Crippen MR) is 69.2 cm³/mol. The van der Waals surface area contributed by atoms with Crippen molar-refractivity contribution in [3.8, 4) is 0 Å². The molecule has 0 aliphatic heterocycles. The van der Waals surface area contributed by atoms with Crippen molar-refractivity contribution in [3.63, 3.8) is 0 Å². The number of hydrogen-bond acceptors (Lipinski definition) is 1. The molecule has 1 atom stereocenters. The molecule has 1 nitrogen and oxygen atoms in total. The molecule has 88 valence electrons. The summed E-state index contributed by atoms with van der Waals surface area (Å²) >= 11 is 0. The third kappa shape index (κ3) is 3.19. The molecule has 1 aliphatic rings. The van der Waals surface area contributed by atoms with Gasteiger partial charge in [-0.2, -0.15) is 0 Å². The maximum atomic E-state index is 10.4. The molecule has 0 spiro atoms. The van der Waals surface area contributed by atoms with E-state index >= 15 is 0 Å². The molecule has 0 aromatic rings. The van der Waals surface area contributed by atoms with Crippen LogP contribution in [0.15, 0.2) is 36.0 Å². The maximum absolute atomic E-state index is 10.4. The third-order valence-corrected chi connectivity index (χ3v) is 3.46. The number of carbonyl (C=O) groups excluding carboxylic acids is 1. The fraction of sp³-hybridized carbons (Fsp3) is 0.533. The van der Waals surface area contributed by atoms with E-state index in [2.05, 4.69) is 39.5 Å². The van der Waals surface area contributed by atoms with E-state index in [-0.39, 0.29) is 0 Å². The molecule has 0 amide bonds. The first-order valence-corrected chi connectivity index (χ1v) is 5.93. The van der Waals surface area contributed by atoms with Crippen LogP contribution in [-0.2, 0) is 4.79 Å². The Morgan fingerprint density at radius 1 is 1.62 bits per heavy atom. The van der Waals surface area contributed by atoms with Gasteiger partial charge < -0.3 is 4.79 Å². The minimum absolute atomic E-state index is 0.316. The standard InChI is InChI=1S/C15H22O/c1-12(9-11-16)7-8-14-13(2)6-5-10-15(14,3)4/h6-8,11,14H,1,5,9-10H2,2-4H3/b8-7+. The highest BCUT2D eigenvalue weighted by atomic mass is 16.1. The zero-order chi connectivity index (χ0) is 12.2. The quantitative estimate of drug-likeness (QED) is 0.395. The lowest BCUT2D eigenvalue weighted by molar-refractivity contribution is -0.107. The van der Waals surface area contributed by atoms with Crippen molar-refractivity contribution in [2.75, 3.05) is 0 Å². The summed E-state index contributed by atoms with van der Waals surface area (Å²) in [6, 6.07) is 0. The average Bonchev–Trinajstić information content (AvgIpc) is 2.16. The number of allylic oxidation sites excluding steroid dienone is 5. The zero-order valence-corrected chi connectivity index (χ0v) is 10.6. The summed E-state index contributed by atoms with van der Waals surface area (Å²) in [4.78, 5) is 10.4. The van der Waals surface area contributed by atoms with Crippen LogP contribution < -0.4 is 0 Å². The number of rotatable bonds is 4. The van der Waals surface area contributed by atoms with Crippen LogP contribution in [0.3, 0.4) is 0 Å². The number of carbonyl (C=O) groups is 1. The van der Waals surface area contributed by atoms with Crippen LogP contribution in [0.25, 0.3) is 0 Å². The first-order valence-electron chi connectivity index (χ1n) is 5.93. The highest BCUT2D eigenvalue weighted by Gasteiger charge is 2.30. The van der Waals surface area contributed by atoms with E-state index in [9.17, 15) is 4.79 Å². The Bertz CT molecular complexity index is 331. The third-order valence-electron chi connectivity index (χ3n) is 3.46. The Balaban J connectivity index is 2.77. The molecule has 0 saturated carbocycles. The van der Waals surface area contributed by atoms with Crippen molar-refractivity contribution in [3.05, 3.63) is 36.0 Å². The molecule has 0 heterocycles. The van der Waals surface area contributed by atoms with Crippen LogP contribution in [0.1, 0.15) is 40.0 Å². The molecular formula is C15H22O. The largest absolute Gasteiger partial charge is 0.303 e. The van der Waals surface area contributed by atoms with Crippen molar-refractivity contribution in [2.45, 2.75) is 40.0 Å². The van der Waals surface area contributed by atoms with Gasteiger partial charge in [0.2, 0.25) is 0 Å². The van der Waals surface area contributed by atoms with Crippen LogP contribution in [0, 0.1) is 11.3 Å². The van der Waals surface area contributed by atoms with Crippen LogP contribution >= 0.6 is 0 Å². The molecule has 0 bridgehead atoms. The summed E-state index contributed by atoms with van der Waals surface area (Å²) in [5.74, 6) is 0.477. The molecule has 1 aliphatic carbocycles. The molecule has 0 saturated heterocycles. The van der Waals surface area contributed by atoms with E-state index in [4.69, 9.17) is 0 Å². The lowest BCUT2D eigenvalue weighted by Gasteiger charge is -2.36. The lowest BCUT2D eigenvalue weighted by atomic mass is 9.68. The highest BCUT2D eigenvalue weighted by molar-refractivity contribution is 5.55. The van der Waals surface area contributed by atoms with Gasteiger partial charge in [-0.3, -0.25) is 0 Å². The first-order chi connectivity index (χ1) is 7.47. The van der Waals surface area contributed by atoms with E-state index in [0.29, 0.717) is 17.8 Å². The Labute approximate surface area is 98.9 Å². The van der Waals surface area contributed by atoms with Gasteiger partial charge in [-0.1, -0.05) is 44.2 Å². The molecule has 0 aromatic heterocycles. The van der Waals surface area contributed by atoms with Gasteiger partial charge in [0.15, 0.2) is 0 Å². The molecule has 0 fully saturated rings. The first kappa shape index (κ1) is 13.0. The van der Waals surface area contributed by atoms with Crippen molar-refractivity contribution >= 4 is 6.29 Å². The summed E-state index contributed by atoms with van der Waals surface area (Å²) in [5, 5.41) is 0. The monoisotopic (exact) mass is 218 g/mol. The Morgan fingerprint density at radius 3 is 2.88 bits per heavy atom. The lowest BCUT2D eigenvalue weighted by Crippen LogP contribution is -2.26. The Morgan fingerprint density at radius 2 is 2.31 bits per heavy atom. The fourth-order valence-corrected chi connectivity index (χ4v) is 2.39. The minimum Gasteiger partial charge on any atom is -0.303 e. The summed E-state index contributed by atoms with van der Waals surface area (Å²) in [5.41, 5.74) is 2.65. The Hall–Kier alpha value is -1.11. The van der Waals surface area contributed by atoms with E-state index < -0.39 is 0 Å². The second-order valence-electron chi connectivity index (χ2n) is 5.34. The van der Waals surface area contributed by atoms with Crippen LogP contribution in [-0.4, -0.2) is 6.29 Å². The van der Waals surface area contributed by atoms with Gasteiger partial charge in [0, 0.05) is 12.3 Å². The van der Waals surface area contributed by atoms with Crippen LogP contribution in [0.5, 0.6) is 0 Å². The highest BCUT2D eigenvalue weighted by Crippen LogP contribution is 2.41. The molecule has 0 aromatic carbocycles. The van der Waals surface area contributed by atoms with E-state index in [1.807, 2.05) is 6.08 Å². The summed E-state index contributed by atoms with van der Waals surface area (Å²) < 4.78 is 0. The average molecular weight is 218 g/mol. The van der Waals surface area contributed by atoms with Gasteiger partial charge in [-0.15, -0.1) is 0 Å². The van der Waals surface area contributed by atoms with Crippen LogP contribution in [0.2, 0.25) is 0 Å². The number of aldehydes is 1. The second kappa shape index (κ2) is 5.29. The number of hydrogen-bond donors (Lipinski definition) is 0.